The summed E-state index contributed by atoms with van der Waals surface area (Å²) in [5.41, 5.74) is 2.77. The first-order valence-electron chi connectivity index (χ1n) is 11.8. The van der Waals surface area contributed by atoms with Crippen molar-refractivity contribution in [2.75, 3.05) is 7.05 Å². The maximum absolute atomic E-state index is 14.1. The van der Waals surface area contributed by atoms with Gasteiger partial charge in [0.2, 0.25) is 0 Å². The summed E-state index contributed by atoms with van der Waals surface area (Å²) in [7, 11) is 2.26. The number of fused-ring (bicyclic) bond motifs is 2. The first-order chi connectivity index (χ1) is 15.5. The van der Waals surface area contributed by atoms with Crippen LogP contribution in [-0.2, 0) is 6.42 Å². The van der Waals surface area contributed by atoms with E-state index in [1.54, 1.807) is 6.07 Å². The van der Waals surface area contributed by atoms with Gasteiger partial charge in [0, 0.05) is 34.4 Å². The van der Waals surface area contributed by atoms with Gasteiger partial charge in [0.25, 0.3) is 5.91 Å². The predicted molar refractivity (Wildman–Crippen MR) is 124 cm³/mol. The number of carbonyl (C=O) groups excluding carboxylic acids is 1. The molecule has 1 aliphatic carbocycles. The van der Waals surface area contributed by atoms with Crippen molar-refractivity contribution in [3.8, 4) is 0 Å². The maximum Gasteiger partial charge on any atom is 0.270 e. The van der Waals surface area contributed by atoms with E-state index in [0.717, 1.165) is 36.6 Å². The van der Waals surface area contributed by atoms with Gasteiger partial charge in [-0.05, 0) is 69.0 Å². The second kappa shape index (κ2) is 7.17. The Kier molecular flexibility index (Phi) is 4.48. The lowest BCUT2D eigenvalue weighted by Crippen LogP contribution is -2.62. The van der Waals surface area contributed by atoms with Crippen LogP contribution in [0.2, 0.25) is 0 Å². The Balaban J connectivity index is 1.44. The average molecular weight is 432 g/mol. The molecule has 2 saturated heterocycles. The number of halogens is 1. The molecule has 3 heterocycles. The Labute approximate surface area is 188 Å². The molecule has 32 heavy (non-hydrogen) atoms. The summed E-state index contributed by atoms with van der Waals surface area (Å²) in [6.07, 6.45) is 5.43. The fraction of sp³-hybridized carbons (Fsp3) is 0.444. The van der Waals surface area contributed by atoms with Gasteiger partial charge in [-0.2, -0.15) is 0 Å². The molecule has 4 nitrogen and oxygen atoms in total. The van der Waals surface area contributed by atoms with Crippen molar-refractivity contribution >= 4 is 16.8 Å². The fourth-order valence-electron chi connectivity index (χ4n) is 7.17. The molecule has 1 saturated carbocycles. The van der Waals surface area contributed by atoms with Crippen LogP contribution in [0.4, 0.5) is 4.39 Å². The minimum Gasteiger partial charge on any atom is -0.351 e. The molecule has 2 bridgehead atoms. The minimum atomic E-state index is -0.280. The fourth-order valence-corrected chi connectivity index (χ4v) is 7.17. The number of hydrogen-bond donors (Lipinski definition) is 1. The van der Waals surface area contributed by atoms with Crippen LogP contribution >= 0.6 is 0 Å². The van der Waals surface area contributed by atoms with Crippen molar-refractivity contribution in [2.45, 2.75) is 63.2 Å². The summed E-state index contributed by atoms with van der Waals surface area (Å²) in [5.74, 6) is -0.225. The molecule has 166 valence electrons. The van der Waals surface area contributed by atoms with Crippen LogP contribution in [0.3, 0.4) is 0 Å². The number of H-pyrrole nitrogens is 1. The van der Waals surface area contributed by atoms with Gasteiger partial charge in [0.05, 0.1) is 6.04 Å². The van der Waals surface area contributed by atoms with Crippen molar-refractivity contribution in [3.05, 3.63) is 71.7 Å². The molecular formula is C27H30FN3O. The van der Waals surface area contributed by atoms with Gasteiger partial charge in [0.1, 0.15) is 11.5 Å². The van der Waals surface area contributed by atoms with E-state index in [-0.39, 0.29) is 29.2 Å². The Hall–Kier alpha value is -2.66. The number of nitrogens with one attached hydrogen (secondary N) is 1. The summed E-state index contributed by atoms with van der Waals surface area (Å²) < 4.78 is 13.8. The smallest absolute Gasteiger partial charge is 0.270 e. The Bertz CT molecular complexity index is 1170. The SMILES string of the molecule is CN1[C@H]2CCC[C@H]3N(C(=O)c4cc5cc(F)ccc5[nH]4)[C@@H](Cc4ccccc4)[C@@H]1C[C@@]23C. The minimum absolute atomic E-state index is 0.0550. The van der Waals surface area contributed by atoms with E-state index in [4.69, 9.17) is 0 Å². The molecule has 0 spiro atoms. The second-order valence-corrected chi connectivity index (χ2v) is 10.3. The third kappa shape index (κ3) is 2.87. The third-order valence-electron chi connectivity index (χ3n) is 8.61. The lowest BCUT2D eigenvalue weighted by Gasteiger charge is -2.53. The molecule has 3 fully saturated rings. The highest BCUT2D eigenvalue weighted by Gasteiger charge is 2.62. The van der Waals surface area contributed by atoms with Crippen LogP contribution in [0.1, 0.15) is 48.7 Å². The van der Waals surface area contributed by atoms with Gasteiger partial charge < -0.3 is 9.88 Å². The summed E-state index contributed by atoms with van der Waals surface area (Å²) in [6, 6.07) is 18.3. The zero-order chi connectivity index (χ0) is 22.0. The second-order valence-electron chi connectivity index (χ2n) is 10.3. The lowest BCUT2D eigenvalue weighted by molar-refractivity contribution is -0.0114. The number of amides is 1. The van der Waals surface area contributed by atoms with Gasteiger partial charge in [-0.25, -0.2) is 4.39 Å². The van der Waals surface area contributed by atoms with Crippen LogP contribution in [0.5, 0.6) is 0 Å². The van der Waals surface area contributed by atoms with E-state index in [9.17, 15) is 9.18 Å². The first-order valence-corrected chi connectivity index (χ1v) is 11.8. The number of rotatable bonds is 3. The molecule has 0 unspecified atom stereocenters. The van der Waals surface area contributed by atoms with Crippen LogP contribution in [0, 0.1) is 11.2 Å². The number of likely N-dealkylation sites (N-methyl/N-ethyl adjacent to an activating group) is 1. The first kappa shape index (κ1) is 20.0. The van der Waals surface area contributed by atoms with Gasteiger partial charge in [-0.1, -0.05) is 37.3 Å². The normalized spacial score (nSPS) is 31.9. The molecule has 3 aliphatic rings. The van der Waals surface area contributed by atoms with Crippen molar-refractivity contribution in [1.82, 2.24) is 14.8 Å². The van der Waals surface area contributed by atoms with Gasteiger partial charge in [-0.3, -0.25) is 9.69 Å². The van der Waals surface area contributed by atoms with Crippen LogP contribution in [0.15, 0.2) is 54.6 Å². The summed E-state index contributed by atoms with van der Waals surface area (Å²) in [4.78, 5) is 22.2. The Morgan fingerprint density at radius 1 is 1.12 bits per heavy atom. The number of carbonyl (C=O) groups is 1. The van der Waals surface area contributed by atoms with E-state index < -0.39 is 0 Å². The van der Waals surface area contributed by atoms with Gasteiger partial charge in [0.15, 0.2) is 0 Å². The molecular weight excluding hydrogens is 401 g/mol. The number of nitrogens with zero attached hydrogens (tertiary/aromatic N) is 2. The largest absolute Gasteiger partial charge is 0.351 e. The third-order valence-corrected chi connectivity index (χ3v) is 8.61. The van der Waals surface area contributed by atoms with Crippen LogP contribution < -0.4 is 0 Å². The molecule has 1 N–H and O–H groups in total. The number of aromatic nitrogens is 1. The molecule has 0 radical (unpaired) electrons. The Morgan fingerprint density at radius 2 is 1.91 bits per heavy atom. The predicted octanol–water partition coefficient (Wildman–Crippen LogP) is 5.01. The van der Waals surface area contributed by atoms with Crippen LogP contribution in [0.25, 0.3) is 10.9 Å². The van der Waals surface area contributed by atoms with E-state index >= 15 is 0 Å². The molecule has 1 amide bonds. The quantitative estimate of drug-likeness (QED) is 0.634. The molecule has 5 heteroatoms. The molecule has 2 aliphatic heterocycles. The average Bonchev–Trinajstić information content (AvgIpc) is 3.32. The number of hydrogen-bond acceptors (Lipinski definition) is 2. The van der Waals surface area contributed by atoms with Crippen molar-refractivity contribution in [3.63, 3.8) is 0 Å². The molecule has 2 aromatic carbocycles. The zero-order valence-electron chi connectivity index (χ0n) is 18.7. The summed E-state index contributed by atoms with van der Waals surface area (Å²) in [6.45, 7) is 2.40. The standard InChI is InChI=1S/C27H30FN3O/c1-27-16-23-22(13-17-7-4-3-5-8-17)31(25(27)10-6-9-24(27)30(23)2)26(32)21-15-18-14-19(28)11-12-20(18)29-21/h3-5,7-8,11-12,14-15,22-25,29H,6,9-10,13,16H2,1-2H3/t22-,23-,24-,25+,27-/m0/s1. The number of benzene rings is 2. The number of aromatic amines is 1. The number of likely N-dealkylation sites (tertiary alicyclic amines) is 2. The van der Waals surface area contributed by atoms with Gasteiger partial charge in [-0.15, -0.1) is 0 Å². The summed E-state index contributed by atoms with van der Waals surface area (Å²) in [5, 5.41) is 0.748. The van der Waals surface area contributed by atoms with Crippen molar-refractivity contribution in [2.24, 2.45) is 5.41 Å². The van der Waals surface area contributed by atoms with E-state index in [1.807, 2.05) is 12.1 Å². The van der Waals surface area contributed by atoms with Crippen molar-refractivity contribution < 1.29 is 9.18 Å². The van der Waals surface area contributed by atoms with E-state index in [2.05, 4.69) is 53.0 Å². The zero-order valence-corrected chi connectivity index (χ0v) is 18.7. The van der Waals surface area contributed by atoms with Gasteiger partial charge >= 0.3 is 0 Å². The topological polar surface area (TPSA) is 39.3 Å². The van der Waals surface area contributed by atoms with Crippen LogP contribution in [-0.4, -0.2) is 51.9 Å². The maximum atomic E-state index is 14.1. The van der Waals surface area contributed by atoms with E-state index in [1.165, 1.54) is 24.1 Å². The highest BCUT2D eigenvalue weighted by molar-refractivity contribution is 5.98. The number of piperidine rings is 1. The summed E-state index contributed by atoms with van der Waals surface area (Å²) >= 11 is 0. The lowest BCUT2D eigenvalue weighted by atomic mass is 9.64. The monoisotopic (exact) mass is 431 g/mol. The molecule has 1 aromatic heterocycles. The molecule has 6 rings (SSSR count). The van der Waals surface area contributed by atoms with E-state index in [0.29, 0.717) is 17.8 Å². The molecule has 3 aromatic rings. The highest BCUT2D eigenvalue weighted by atomic mass is 19.1. The Morgan fingerprint density at radius 3 is 2.72 bits per heavy atom. The highest BCUT2D eigenvalue weighted by Crippen LogP contribution is 2.56. The van der Waals surface area contributed by atoms with Crippen molar-refractivity contribution in [1.29, 1.82) is 0 Å². The molecule has 5 atom stereocenters.